The molecule has 0 aliphatic rings. The Morgan fingerprint density at radius 2 is 1.58 bits per heavy atom. The molecule has 0 aliphatic carbocycles. The van der Waals surface area contributed by atoms with E-state index in [-0.39, 0.29) is 0 Å². The molecular formula is C18H21B. The van der Waals surface area contributed by atoms with E-state index < -0.39 is 0 Å². The molecule has 0 aliphatic heterocycles. The standard InChI is InChI=1S/C18H21B/c1-15(9-10-16-7-5-4-6-8-16)17-11-13-18(14-12-17)19(2)3/h4-8,11-14H,1,9-10H2,2-3H3. The van der Waals surface area contributed by atoms with Gasteiger partial charge in [0.25, 0.3) is 0 Å². The van der Waals surface area contributed by atoms with Crippen LogP contribution in [0.3, 0.4) is 0 Å². The summed E-state index contributed by atoms with van der Waals surface area (Å²) in [4.78, 5) is 0. The number of aryl methyl sites for hydroxylation is 1. The number of benzene rings is 2. The van der Waals surface area contributed by atoms with E-state index in [1.807, 2.05) is 0 Å². The molecule has 0 radical (unpaired) electrons. The second kappa shape index (κ2) is 6.42. The topological polar surface area (TPSA) is 0 Å². The lowest BCUT2D eigenvalue weighted by molar-refractivity contribution is 1.02. The molecule has 2 rings (SSSR count). The van der Waals surface area contributed by atoms with Gasteiger partial charge in [-0.05, 0) is 29.5 Å². The third-order valence-corrected chi connectivity index (χ3v) is 3.54. The van der Waals surface area contributed by atoms with Crippen LogP contribution in [0, 0.1) is 0 Å². The van der Waals surface area contributed by atoms with Crippen molar-refractivity contribution in [1.82, 2.24) is 0 Å². The van der Waals surface area contributed by atoms with Crippen LogP contribution >= 0.6 is 0 Å². The zero-order chi connectivity index (χ0) is 13.7. The minimum atomic E-state index is 0.589. The van der Waals surface area contributed by atoms with Gasteiger partial charge < -0.3 is 0 Å². The summed E-state index contributed by atoms with van der Waals surface area (Å²) in [6, 6.07) is 19.4. The normalized spacial score (nSPS) is 10.2. The zero-order valence-corrected chi connectivity index (χ0v) is 11.9. The Bertz CT molecular complexity index is 523. The molecule has 0 spiro atoms. The summed E-state index contributed by atoms with van der Waals surface area (Å²) in [5, 5.41) is 0. The Hall–Kier alpha value is -1.76. The van der Waals surface area contributed by atoms with Gasteiger partial charge in [0.1, 0.15) is 0 Å². The largest absolute Gasteiger partial charge is 0.169 e. The lowest BCUT2D eigenvalue weighted by Crippen LogP contribution is -2.21. The fraction of sp³-hybridized carbons (Fsp3) is 0.222. The molecule has 0 heterocycles. The molecule has 0 bridgehead atoms. The maximum atomic E-state index is 4.21. The summed E-state index contributed by atoms with van der Waals surface area (Å²) in [5.41, 5.74) is 5.25. The molecule has 0 saturated heterocycles. The first kappa shape index (κ1) is 13.7. The maximum absolute atomic E-state index is 4.21. The SMILES string of the molecule is C=C(CCc1ccccc1)c1ccc(B(C)C)cc1. The van der Waals surface area contributed by atoms with E-state index in [1.165, 1.54) is 22.2 Å². The minimum absolute atomic E-state index is 0.589. The van der Waals surface area contributed by atoms with Gasteiger partial charge in [-0.25, -0.2) is 0 Å². The van der Waals surface area contributed by atoms with Gasteiger partial charge in [0.2, 0.25) is 0 Å². The van der Waals surface area contributed by atoms with E-state index in [1.54, 1.807) is 0 Å². The highest BCUT2D eigenvalue weighted by Gasteiger charge is 2.04. The van der Waals surface area contributed by atoms with Crippen LogP contribution in [0.15, 0.2) is 61.2 Å². The molecule has 1 heteroatoms. The average Bonchev–Trinajstić information content (AvgIpc) is 2.46. The van der Waals surface area contributed by atoms with Crippen molar-refractivity contribution in [1.29, 1.82) is 0 Å². The van der Waals surface area contributed by atoms with Crippen molar-refractivity contribution in [2.45, 2.75) is 26.5 Å². The van der Waals surface area contributed by atoms with Crippen molar-refractivity contribution in [2.75, 3.05) is 0 Å². The van der Waals surface area contributed by atoms with Gasteiger partial charge in [-0.15, -0.1) is 0 Å². The van der Waals surface area contributed by atoms with Gasteiger partial charge in [-0.1, -0.05) is 80.3 Å². The Morgan fingerprint density at radius 1 is 0.947 bits per heavy atom. The summed E-state index contributed by atoms with van der Waals surface area (Å²) < 4.78 is 0. The van der Waals surface area contributed by atoms with E-state index >= 15 is 0 Å². The zero-order valence-electron chi connectivity index (χ0n) is 11.9. The summed E-state index contributed by atoms with van der Waals surface area (Å²) >= 11 is 0. The number of allylic oxidation sites excluding steroid dienone is 1. The lowest BCUT2D eigenvalue weighted by atomic mass is 9.49. The van der Waals surface area contributed by atoms with E-state index in [4.69, 9.17) is 0 Å². The smallest absolute Gasteiger partial charge is 0.0952 e. The number of rotatable bonds is 5. The first-order valence-electron chi connectivity index (χ1n) is 6.99. The van der Waals surface area contributed by atoms with Crippen LogP contribution < -0.4 is 5.46 Å². The van der Waals surface area contributed by atoms with Crippen molar-refractivity contribution in [2.24, 2.45) is 0 Å². The van der Waals surface area contributed by atoms with Gasteiger partial charge in [0.05, 0.1) is 0 Å². The third-order valence-electron chi connectivity index (χ3n) is 3.54. The van der Waals surface area contributed by atoms with Gasteiger partial charge >= 0.3 is 0 Å². The van der Waals surface area contributed by atoms with Crippen molar-refractivity contribution >= 4 is 17.7 Å². The molecular weight excluding hydrogens is 227 g/mol. The predicted octanol–water partition coefficient (Wildman–Crippen LogP) is 4.29. The summed E-state index contributed by atoms with van der Waals surface area (Å²) in [6.45, 7) is 9.25. The van der Waals surface area contributed by atoms with E-state index in [0.717, 1.165) is 12.8 Å². The molecule has 96 valence electrons. The molecule has 19 heavy (non-hydrogen) atoms. The molecule has 0 amide bonds. The molecule has 0 fully saturated rings. The summed E-state index contributed by atoms with van der Waals surface area (Å²) in [7, 11) is 0. The van der Waals surface area contributed by atoms with Crippen molar-refractivity contribution < 1.29 is 0 Å². The molecule has 0 atom stereocenters. The van der Waals surface area contributed by atoms with Crippen molar-refractivity contribution in [3.63, 3.8) is 0 Å². The van der Waals surface area contributed by atoms with Crippen LogP contribution in [0.5, 0.6) is 0 Å². The van der Waals surface area contributed by atoms with Crippen LogP contribution in [0.2, 0.25) is 13.6 Å². The third kappa shape index (κ3) is 3.85. The van der Waals surface area contributed by atoms with Crippen LogP contribution in [-0.2, 0) is 6.42 Å². The molecule has 0 N–H and O–H groups in total. The fourth-order valence-electron chi connectivity index (χ4n) is 2.19. The molecule has 2 aromatic carbocycles. The average molecular weight is 248 g/mol. The maximum Gasteiger partial charge on any atom is 0.169 e. The Balaban J connectivity index is 1.96. The van der Waals surface area contributed by atoms with Crippen molar-refractivity contribution in [3.05, 3.63) is 72.3 Å². The Morgan fingerprint density at radius 3 is 2.16 bits per heavy atom. The van der Waals surface area contributed by atoms with Crippen LogP contribution in [0.1, 0.15) is 17.5 Å². The van der Waals surface area contributed by atoms with Crippen molar-refractivity contribution in [3.8, 4) is 0 Å². The Kier molecular flexibility index (Phi) is 4.62. The molecule has 2 aromatic rings. The second-order valence-corrected chi connectivity index (χ2v) is 5.37. The molecule has 0 unspecified atom stereocenters. The van der Waals surface area contributed by atoms with Crippen LogP contribution in [-0.4, -0.2) is 6.71 Å². The van der Waals surface area contributed by atoms with E-state index in [2.05, 4.69) is 74.8 Å². The van der Waals surface area contributed by atoms with Gasteiger partial charge in [-0.3, -0.25) is 0 Å². The highest BCUT2D eigenvalue weighted by Crippen LogP contribution is 2.17. The Labute approximate surface area is 117 Å². The summed E-state index contributed by atoms with van der Waals surface area (Å²) in [6.07, 6.45) is 2.08. The minimum Gasteiger partial charge on any atom is -0.0952 e. The monoisotopic (exact) mass is 248 g/mol. The first-order valence-corrected chi connectivity index (χ1v) is 6.99. The van der Waals surface area contributed by atoms with Gasteiger partial charge in [0.15, 0.2) is 6.71 Å². The van der Waals surface area contributed by atoms with E-state index in [0.29, 0.717) is 6.71 Å². The second-order valence-electron chi connectivity index (χ2n) is 5.37. The number of hydrogen-bond donors (Lipinski definition) is 0. The lowest BCUT2D eigenvalue weighted by Gasteiger charge is -2.08. The molecule has 0 saturated carbocycles. The van der Waals surface area contributed by atoms with Gasteiger partial charge in [-0.2, -0.15) is 0 Å². The highest BCUT2D eigenvalue weighted by molar-refractivity contribution is 6.70. The van der Waals surface area contributed by atoms with Crippen LogP contribution in [0.25, 0.3) is 5.57 Å². The molecule has 0 nitrogen and oxygen atoms in total. The van der Waals surface area contributed by atoms with E-state index in [9.17, 15) is 0 Å². The summed E-state index contributed by atoms with van der Waals surface area (Å²) in [5.74, 6) is 0. The fourth-order valence-corrected chi connectivity index (χ4v) is 2.19. The van der Waals surface area contributed by atoms with Crippen LogP contribution in [0.4, 0.5) is 0 Å². The predicted molar refractivity (Wildman–Crippen MR) is 87.4 cm³/mol. The molecule has 0 aromatic heterocycles. The first-order chi connectivity index (χ1) is 9.16. The highest BCUT2D eigenvalue weighted by atomic mass is 14.0. The van der Waals surface area contributed by atoms with Gasteiger partial charge in [0, 0.05) is 0 Å². The quantitative estimate of drug-likeness (QED) is 0.692. The number of hydrogen-bond acceptors (Lipinski definition) is 0.